The molecule has 0 saturated heterocycles. The minimum Gasteiger partial charge on any atom is -0.488 e. The van der Waals surface area contributed by atoms with Gasteiger partial charge in [-0.15, -0.1) is 0 Å². The summed E-state index contributed by atoms with van der Waals surface area (Å²) >= 11 is 15.3. The second-order valence-corrected chi connectivity index (χ2v) is 8.95. The van der Waals surface area contributed by atoms with Crippen LogP contribution in [0.3, 0.4) is 0 Å². The van der Waals surface area contributed by atoms with Crippen LogP contribution >= 0.6 is 39.1 Å². The Balaban J connectivity index is 1.84. The van der Waals surface area contributed by atoms with E-state index in [9.17, 15) is 10.1 Å². The van der Waals surface area contributed by atoms with Gasteiger partial charge in [-0.2, -0.15) is 5.26 Å². The van der Waals surface area contributed by atoms with E-state index in [2.05, 4.69) is 39.4 Å². The highest BCUT2D eigenvalue weighted by molar-refractivity contribution is 9.10. The maximum atomic E-state index is 12.7. The van der Waals surface area contributed by atoms with E-state index in [1.165, 1.54) is 12.1 Å². The summed E-state index contributed by atoms with van der Waals surface area (Å²) in [5.41, 5.74) is 4.31. The molecular formula is C25H19BrCl2N2O2. The standard InChI is InChI=1S/C25H19BrCl2N2O2/c1-15-7-16(2)9-17(8-15)14-32-24-6-3-20(26)11-18(24)10-19(13-29)25(31)30-21-4-5-22(27)23(28)12-21/h3-12H,14H2,1-2H3,(H,30,31)/b19-10+. The Bertz CT molecular complexity index is 1230. The van der Waals surface area contributed by atoms with Gasteiger partial charge in [-0.1, -0.05) is 68.5 Å². The van der Waals surface area contributed by atoms with Gasteiger partial charge in [0.25, 0.3) is 5.91 Å². The Morgan fingerprint density at radius 1 is 1.06 bits per heavy atom. The van der Waals surface area contributed by atoms with E-state index in [-0.39, 0.29) is 5.57 Å². The Hall–Kier alpha value is -2.78. The number of benzene rings is 3. The average molecular weight is 530 g/mol. The first kappa shape index (κ1) is 23.9. The smallest absolute Gasteiger partial charge is 0.266 e. The van der Waals surface area contributed by atoms with Gasteiger partial charge in [0.2, 0.25) is 0 Å². The number of nitrogens with zero attached hydrogens (tertiary/aromatic N) is 1. The number of hydrogen-bond donors (Lipinski definition) is 1. The molecule has 0 saturated carbocycles. The molecule has 3 rings (SSSR count). The van der Waals surface area contributed by atoms with Crippen molar-refractivity contribution in [3.05, 3.63) is 96.9 Å². The van der Waals surface area contributed by atoms with Crippen LogP contribution in [0.4, 0.5) is 5.69 Å². The summed E-state index contributed by atoms with van der Waals surface area (Å²) in [6.45, 7) is 4.44. The van der Waals surface area contributed by atoms with Crippen molar-refractivity contribution in [3.8, 4) is 11.8 Å². The topological polar surface area (TPSA) is 62.1 Å². The second kappa shape index (κ2) is 10.7. The SMILES string of the molecule is Cc1cc(C)cc(COc2ccc(Br)cc2/C=C(\C#N)C(=O)Nc2ccc(Cl)c(Cl)c2)c1. The molecule has 1 amide bonds. The molecule has 0 aliphatic rings. The predicted octanol–water partition coefficient (Wildman–Crippen LogP) is 7.50. The van der Waals surface area contributed by atoms with Gasteiger partial charge in [0.05, 0.1) is 10.0 Å². The van der Waals surface area contributed by atoms with Crippen molar-refractivity contribution in [3.63, 3.8) is 0 Å². The molecule has 0 aromatic heterocycles. The molecule has 0 unspecified atom stereocenters. The third kappa shape index (κ3) is 6.37. The zero-order valence-corrected chi connectivity index (χ0v) is 20.5. The van der Waals surface area contributed by atoms with Gasteiger partial charge in [0.1, 0.15) is 24.0 Å². The maximum absolute atomic E-state index is 12.7. The number of carbonyl (C=O) groups excluding carboxylic acids is 1. The van der Waals surface area contributed by atoms with Crippen LogP contribution in [0.15, 0.2) is 64.6 Å². The zero-order valence-electron chi connectivity index (χ0n) is 17.4. The summed E-state index contributed by atoms with van der Waals surface area (Å²) in [7, 11) is 0. The van der Waals surface area contributed by atoms with Gasteiger partial charge in [0, 0.05) is 15.7 Å². The van der Waals surface area contributed by atoms with E-state index in [0.29, 0.717) is 33.7 Å². The number of halogens is 3. The van der Waals surface area contributed by atoms with Gasteiger partial charge < -0.3 is 10.1 Å². The van der Waals surface area contributed by atoms with Crippen molar-refractivity contribution >= 4 is 56.8 Å². The van der Waals surface area contributed by atoms with Crippen LogP contribution in [0.2, 0.25) is 10.0 Å². The molecule has 0 spiro atoms. The number of ether oxygens (including phenoxy) is 1. The number of rotatable bonds is 6. The van der Waals surface area contributed by atoms with E-state index in [1.807, 2.05) is 26.0 Å². The molecule has 1 N–H and O–H groups in total. The number of aryl methyl sites for hydroxylation is 2. The lowest BCUT2D eigenvalue weighted by Gasteiger charge is -2.12. The summed E-state index contributed by atoms with van der Waals surface area (Å²) in [5, 5.41) is 12.9. The number of anilines is 1. The van der Waals surface area contributed by atoms with Crippen molar-refractivity contribution in [2.45, 2.75) is 20.5 Å². The average Bonchev–Trinajstić information content (AvgIpc) is 2.73. The van der Waals surface area contributed by atoms with Crippen LogP contribution in [-0.2, 0) is 11.4 Å². The first-order chi connectivity index (χ1) is 15.2. The highest BCUT2D eigenvalue weighted by atomic mass is 79.9. The molecule has 4 nitrogen and oxygen atoms in total. The highest BCUT2D eigenvalue weighted by Gasteiger charge is 2.13. The summed E-state index contributed by atoms with van der Waals surface area (Å²) in [6, 6.07) is 18.3. The van der Waals surface area contributed by atoms with Crippen LogP contribution in [0.25, 0.3) is 6.08 Å². The molecule has 162 valence electrons. The fourth-order valence-corrected chi connectivity index (χ4v) is 3.83. The van der Waals surface area contributed by atoms with Crippen LogP contribution in [0.5, 0.6) is 5.75 Å². The molecule has 0 atom stereocenters. The van der Waals surface area contributed by atoms with E-state index >= 15 is 0 Å². The first-order valence-corrected chi connectivity index (χ1v) is 11.2. The third-order valence-corrected chi connectivity index (χ3v) is 5.72. The predicted molar refractivity (Wildman–Crippen MR) is 133 cm³/mol. The van der Waals surface area contributed by atoms with E-state index < -0.39 is 5.91 Å². The van der Waals surface area contributed by atoms with Crippen molar-refractivity contribution in [2.75, 3.05) is 5.32 Å². The van der Waals surface area contributed by atoms with E-state index in [1.54, 1.807) is 24.3 Å². The van der Waals surface area contributed by atoms with Crippen LogP contribution in [0.1, 0.15) is 22.3 Å². The molecule has 3 aromatic rings. The molecule has 32 heavy (non-hydrogen) atoms. The number of hydrogen-bond acceptors (Lipinski definition) is 3. The van der Waals surface area contributed by atoms with Gasteiger partial charge in [0.15, 0.2) is 0 Å². The Morgan fingerprint density at radius 2 is 1.78 bits per heavy atom. The number of nitrogens with one attached hydrogen (secondary N) is 1. The molecule has 0 aliphatic heterocycles. The first-order valence-electron chi connectivity index (χ1n) is 9.63. The molecule has 0 bridgehead atoms. The van der Waals surface area contributed by atoms with Gasteiger partial charge in [-0.3, -0.25) is 4.79 Å². The summed E-state index contributed by atoms with van der Waals surface area (Å²) < 4.78 is 6.82. The Morgan fingerprint density at radius 3 is 2.44 bits per heavy atom. The summed E-state index contributed by atoms with van der Waals surface area (Å²) in [4.78, 5) is 12.7. The molecule has 0 heterocycles. The fraction of sp³-hybridized carbons (Fsp3) is 0.120. The second-order valence-electron chi connectivity index (χ2n) is 7.22. The van der Waals surface area contributed by atoms with Crippen molar-refractivity contribution < 1.29 is 9.53 Å². The molecular weight excluding hydrogens is 511 g/mol. The normalized spacial score (nSPS) is 11.1. The van der Waals surface area contributed by atoms with Gasteiger partial charge in [-0.05, 0) is 61.9 Å². The Kier molecular flexibility index (Phi) is 7.98. The maximum Gasteiger partial charge on any atom is 0.266 e. The highest BCUT2D eigenvalue weighted by Crippen LogP contribution is 2.28. The lowest BCUT2D eigenvalue weighted by atomic mass is 10.1. The van der Waals surface area contributed by atoms with Crippen LogP contribution in [0, 0.1) is 25.2 Å². The van der Waals surface area contributed by atoms with E-state index in [4.69, 9.17) is 27.9 Å². The number of amides is 1. The van der Waals surface area contributed by atoms with Crippen molar-refractivity contribution in [1.82, 2.24) is 0 Å². The quantitative estimate of drug-likeness (QED) is 0.265. The van der Waals surface area contributed by atoms with Gasteiger partial charge in [-0.25, -0.2) is 0 Å². The van der Waals surface area contributed by atoms with Crippen LogP contribution in [-0.4, -0.2) is 5.91 Å². The minimum absolute atomic E-state index is 0.0783. The molecule has 0 aliphatic carbocycles. The summed E-state index contributed by atoms with van der Waals surface area (Å²) in [6.07, 6.45) is 1.49. The van der Waals surface area contributed by atoms with Crippen LogP contribution < -0.4 is 10.1 Å². The minimum atomic E-state index is -0.564. The molecule has 3 aromatic carbocycles. The van der Waals surface area contributed by atoms with Gasteiger partial charge >= 0.3 is 0 Å². The molecule has 0 radical (unpaired) electrons. The third-order valence-electron chi connectivity index (χ3n) is 4.49. The van der Waals surface area contributed by atoms with E-state index in [0.717, 1.165) is 21.2 Å². The monoisotopic (exact) mass is 528 g/mol. The largest absolute Gasteiger partial charge is 0.488 e. The summed E-state index contributed by atoms with van der Waals surface area (Å²) in [5.74, 6) is -0.00595. The molecule has 7 heteroatoms. The molecule has 0 fully saturated rings. The fourth-order valence-electron chi connectivity index (χ4n) is 3.15. The lowest BCUT2D eigenvalue weighted by Crippen LogP contribution is -2.13. The Labute approximate surface area is 205 Å². The van der Waals surface area contributed by atoms with Crippen molar-refractivity contribution in [2.24, 2.45) is 0 Å². The lowest BCUT2D eigenvalue weighted by molar-refractivity contribution is -0.112. The number of nitriles is 1. The number of carbonyl (C=O) groups is 1. The zero-order chi connectivity index (χ0) is 23.3. The van der Waals surface area contributed by atoms with Crippen molar-refractivity contribution in [1.29, 1.82) is 5.26 Å².